The van der Waals surface area contributed by atoms with E-state index in [4.69, 9.17) is 0 Å². The van der Waals surface area contributed by atoms with E-state index in [1.54, 1.807) is 11.9 Å². The summed E-state index contributed by atoms with van der Waals surface area (Å²) in [7, 11) is 1.74. The molecule has 2 aromatic rings. The number of nitrogens with zero attached hydrogens (tertiary/aromatic N) is 3. The van der Waals surface area contributed by atoms with Crippen molar-refractivity contribution in [2.45, 2.75) is 13.3 Å². The third kappa shape index (κ3) is 4.77. The van der Waals surface area contributed by atoms with Crippen molar-refractivity contribution < 1.29 is 14.7 Å². The molecule has 1 aromatic carbocycles. The Morgan fingerprint density at radius 2 is 1.92 bits per heavy atom. The lowest BCUT2D eigenvalue weighted by atomic mass is 10.2. The van der Waals surface area contributed by atoms with Gasteiger partial charge in [0.05, 0.1) is 0 Å². The van der Waals surface area contributed by atoms with E-state index < -0.39 is 5.97 Å². The number of aromatic nitrogens is 2. The van der Waals surface area contributed by atoms with E-state index in [0.717, 1.165) is 12.0 Å². The van der Waals surface area contributed by atoms with Crippen LogP contribution >= 0.6 is 0 Å². The smallest absolute Gasteiger partial charge is 0.354 e. The molecule has 0 aliphatic carbocycles. The van der Waals surface area contributed by atoms with Crippen LogP contribution in [-0.2, 0) is 4.79 Å². The van der Waals surface area contributed by atoms with Gasteiger partial charge in [0, 0.05) is 38.7 Å². The average Bonchev–Trinajstić information content (AvgIpc) is 2.58. The zero-order valence-corrected chi connectivity index (χ0v) is 13.7. The molecule has 126 valence electrons. The molecule has 2 N–H and O–H groups in total. The van der Waals surface area contributed by atoms with E-state index in [0.29, 0.717) is 24.7 Å². The Morgan fingerprint density at radius 3 is 2.54 bits per heavy atom. The lowest BCUT2D eigenvalue weighted by Gasteiger charge is -2.15. The summed E-state index contributed by atoms with van der Waals surface area (Å²) in [6, 6.07) is 10.6. The van der Waals surface area contributed by atoms with Gasteiger partial charge in [-0.05, 0) is 6.42 Å². The highest BCUT2D eigenvalue weighted by atomic mass is 16.4. The Hall–Kier alpha value is -2.96. The van der Waals surface area contributed by atoms with E-state index in [-0.39, 0.29) is 11.6 Å². The Balaban J connectivity index is 2.10. The van der Waals surface area contributed by atoms with Gasteiger partial charge >= 0.3 is 5.97 Å². The van der Waals surface area contributed by atoms with Crippen molar-refractivity contribution in [1.82, 2.24) is 14.9 Å². The molecule has 2 rings (SSSR count). The van der Waals surface area contributed by atoms with Gasteiger partial charge < -0.3 is 15.3 Å². The van der Waals surface area contributed by atoms with Gasteiger partial charge in [-0.1, -0.05) is 30.3 Å². The minimum Gasteiger partial charge on any atom is -0.477 e. The lowest BCUT2D eigenvalue weighted by Crippen LogP contribution is -2.26. The zero-order valence-electron chi connectivity index (χ0n) is 13.7. The second-order valence-corrected chi connectivity index (χ2v) is 5.35. The summed E-state index contributed by atoms with van der Waals surface area (Å²) < 4.78 is 0. The first-order chi connectivity index (χ1) is 11.5. The molecule has 0 saturated carbocycles. The molecular weight excluding hydrogens is 308 g/mol. The number of carbonyl (C=O) groups excluding carboxylic acids is 1. The Kier molecular flexibility index (Phi) is 5.83. The van der Waals surface area contributed by atoms with Crippen molar-refractivity contribution in [3.63, 3.8) is 0 Å². The molecular formula is C17H20N4O3. The van der Waals surface area contributed by atoms with Crippen LogP contribution in [0.2, 0.25) is 0 Å². The molecule has 0 aliphatic rings. The number of benzene rings is 1. The van der Waals surface area contributed by atoms with Gasteiger partial charge in [-0.3, -0.25) is 4.79 Å². The van der Waals surface area contributed by atoms with E-state index in [1.165, 1.54) is 13.0 Å². The van der Waals surface area contributed by atoms with E-state index in [9.17, 15) is 14.7 Å². The molecule has 7 heteroatoms. The molecule has 0 radical (unpaired) electrons. The third-order valence-electron chi connectivity index (χ3n) is 3.49. The summed E-state index contributed by atoms with van der Waals surface area (Å²) >= 11 is 0. The number of carboxylic acids is 1. The quantitative estimate of drug-likeness (QED) is 0.756. The van der Waals surface area contributed by atoms with E-state index in [1.807, 2.05) is 30.3 Å². The molecule has 7 nitrogen and oxygen atoms in total. The van der Waals surface area contributed by atoms with E-state index in [2.05, 4.69) is 15.3 Å². The normalized spacial score (nSPS) is 10.2. The first kappa shape index (κ1) is 17.4. The fourth-order valence-corrected chi connectivity index (χ4v) is 2.05. The van der Waals surface area contributed by atoms with Crippen LogP contribution < -0.4 is 5.32 Å². The van der Waals surface area contributed by atoms with Crippen LogP contribution in [0.1, 0.15) is 23.8 Å². The average molecular weight is 328 g/mol. The molecule has 0 spiro atoms. The minimum atomic E-state index is -1.10. The highest BCUT2D eigenvalue weighted by Gasteiger charge is 2.11. The van der Waals surface area contributed by atoms with Crippen LogP contribution in [0.3, 0.4) is 0 Å². The zero-order chi connectivity index (χ0) is 17.5. The topological polar surface area (TPSA) is 95.4 Å². The van der Waals surface area contributed by atoms with Crippen LogP contribution in [0.5, 0.6) is 0 Å². The first-order valence-corrected chi connectivity index (χ1v) is 7.60. The molecule has 0 aliphatic heterocycles. The highest BCUT2D eigenvalue weighted by molar-refractivity contribution is 5.87. The predicted molar refractivity (Wildman–Crippen MR) is 90.8 cm³/mol. The Morgan fingerprint density at radius 1 is 1.21 bits per heavy atom. The molecule has 0 saturated heterocycles. The number of aromatic carboxylic acids is 1. The second kappa shape index (κ2) is 8.05. The minimum absolute atomic E-state index is 0.0107. The summed E-state index contributed by atoms with van der Waals surface area (Å²) in [5.41, 5.74) is 0.687. The van der Waals surface area contributed by atoms with Crippen LogP contribution in [0, 0.1) is 0 Å². The number of carbonyl (C=O) groups is 2. The molecule has 0 atom stereocenters. The van der Waals surface area contributed by atoms with Crippen LogP contribution in [0.4, 0.5) is 5.82 Å². The van der Waals surface area contributed by atoms with Crippen molar-refractivity contribution in [1.29, 1.82) is 0 Å². The fourth-order valence-electron chi connectivity index (χ4n) is 2.05. The molecule has 1 amide bonds. The van der Waals surface area contributed by atoms with Gasteiger partial charge in [-0.15, -0.1) is 0 Å². The second-order valence-electron chi connectivity index (χ2n) is 5.35. The molecule has 0 unspecified atom stereocenters. The van der Waals surface area contributed by atoms with Gasteiger partial charge in [0.15, 0.2) is 11.5 Å². The van der Waals surface area contributed by atoms with Gasteiger partial charge in [-0.25, -0.2) is 14.8 Å². The third-order valence-corrected chi connectivity index (χ3v) is 3.49. The molecule has 0 bridgehead atoms. The molecule has 1 aromatic heterocycles. The van der Waals surface area contributed by atoms with Crippen molar-refractivity contribution in [3.8, 4) is 11.4 Å². The van der Waals surface area contributed by atoms with Gasteiger partial charge in [0.25, 0.3) is 0 Å². The highest BCUT2D eigenvalue weighted by Crippen LogP contribution is 2.17. The van der Waals surface area contributed by atoms with Gasteiger partial charge in [0.1, 0.15) is 5.82 Å². The first-order valence-electron chi connectivity index (χ1n) is 7.60. The number of nitrogens with one attached hydrogen (secondary N) is 1. The van der Waals surface area contributed by atoms with E-state index >= 15 is 0 Å². The summed E-state index contributed by atoms with van der Waals surface area (Å²) in [6.45, 7) is 2.70. The molecule has 1 heterocycles. The van der Waals surface area contributed by atoms with Crippen molar-refractivity contribution >= 4 is 17.7 Å². The van der Waals surface area contributed by atoms with Crippen LogP contribution in [-0.4, -0.2) is 52.0 Å². The maximum atomic E-state index is 11.3. The predicted octanol–water partition coefficient (Wildman–Crippen LogP) is 2.12. The summed E-state index contributed by atoms with van der Waals surface area (Å²) in [5.74, 6) is -0.281. The van der Waals surface area contributed by atoms with Crippen LogP contribution in [0.15, 0.2) is 36.4 Å². The van der Waals surface area contributed by atoms with Gasteiger partial charge in [-0.2, -0.15) is 0 Å². The maximum absolute atomic E-state index is 11.3. The van der Waals surface area contributed by atoms with Gasteiger partial charge in [0.2, 0.25) is 5.91 Å². The number of amides is 1. The Labute approximate surface area is 140 Å². The number of rotatable bonds is 7. The summed E-state index contributed by atoms with van der Waals surface area (Å²) in [5, 5.41) is 12.3. The molecule has 24 heavy (non-hydrogen) atoms. The van der Waals surface area contributed by atoms with Crippen LogP contribution in [0.25, 0.3) is 11.4 Å². The number of anilines is 1. The number of hydrogen-bond donors (Lipinski definition) is 2. The lowest BCUT2D eigenvalue weighted by molar-refractivity contribution is -0.127. The standard InChI is InChI=1S/C17H20N4O3/c1-12(22)21(2)10-6-9-18-15-11-14(17(23)24)19-16(20-15)13-7-4-3-5-8-13/h3-5,7-8,11H,6,9-10H2,1-2H3,(H,23,24)(H,18,19,20). The van der Waals surface area contributed by atoms with Crippen molar-refractivity contribution in [2.24, 2.45) is 0 Å². The molecule has 0 fully saturated rings. The summed E-state index contributed by atoms with van der Waals surface area (Å²) in [6.07, 6.45) is 0.725. The fraction of sp³-hybridized carbons (Fsp3) is 0.294. The monoisotopic (exact) mass is 328 g/mol. The van der Waals surface area contributed by atoms with Crippen molar-refractivity contribution in [2.75, 3.05) is 25.5 Å². The summed E-state index contributed by atoms with van der Waals surface area (Å²) in [4.78, 5) is 32.5. The number of carboxylic acid groups (broad SMARTS) is 1. The largest absolute Gasteiger partial charge is 0.477 e. The van der Waals surface area contributed by atoms with Crippen molar-refractivity contribution in [3.05, 3.63) is 42.1 Å². The Bertz CT molecular complexity index is 719. The SMILES string of the molecule is CC(=O)N(C)CCCNc1cc(C(=O)O)nc(-c2ccccc2)n1. The maximum Gasteiger partial charge on any atom is 0.354 e. The number of hydrogen-bond acceptors (Lipinski definition) is 5.